The van der Waals surface area contributed by atoms with Crippen molar-refractivity contribution < 1.29 is 18.0 Å². The summed E-state index contributed by atoms with van der Waals surface area (Å²) in [6.07, 6.45) is -1.85. The lowest BCUT2D eigenvalue weighted by molar-refractivity contribution is -0.137. The number of unbranched alkanes of at least 4 members (excludes halogenated alkanes) is 2. The third-order valence-corrected chi connectivity index (χ3v) is 5.78. The second-order valence-electron chi connectivity index (χ2n) is 8.12. The fraction of sp³-hybridized carbons (Fsp3) is 0.400. The Morgan fingerprint density at radius 3 is 2.38 bits per heavy atom. The van der Waals surface area contributed by atoms with Crippen LogP contribution in [-0.4, -0.2) is 27.0 Å². The lowest BCUT2D eigenvalue weighted by Gasteiger charge is -2.30. The maximum absolute atomic E-state index is 13.2. The zero-order valence-corrected chi connectivity index (χ0v) is 19.5. The van der Waals surface area contributed by atoms with Gasteiger partial charge in [0.25, 0.3) is 5.56 Å². The Balaban J connectivity index is 1.94. The first kappa shape index (κ1) is 25.3. The molecular weight excluding hydrogens is 445 g/mol. The number of urea groups is 1. The minimum Gasteiger partial charge on any atom is -0.315 e. The molecule has 34 heavy (non-hydrogen) atoms. The minimum absolute atomic E-state index is 0.174. The number of carbonyl (C=O) groups excluding carboxylic acids is 1. The first-order valence-corrected chi connectivity index (χ1v) is 11.4. The number of hydrogen-bond donors (Lipinski definition) is 1. The summed E-state index contributed by atoms with van der Waals surface area (Å²) in [5.74, 6) is 0.463. The number of halogens is 3. The molecule has 1 unspecified atom stereocenters. The lowest BCUT2D eigenvalue weighted by Crippen LogP contribution is -2.40. The molecule has 3 aromatic rings. The van der Waals surface area contributed by atoms with E-state index in [9.17, 15) is 22.8 Å². The van der Waals surface area contributed by atoms with Gasteiger partial charge in [0.05, 0.1) is 22.5 Å². The van der Waals surface area contributed by atoms with Gasteiger partial charge in [0.1, 0.15) is 5.82 Å². The Labute approximate surface area is 196 Å². The molecule has 1 heterocycles. The van der Waals surface area contributed by atoms with Crippen molar-refractivity contribution in [2.45, 2.75) is 58.8 Å². The number of fused-ring (bicyclic) bond motifs is 1. The van der Waals surface area contributed by atoms with Crippen molar-refractivity contribution >= 4 is 22.6 Å². The maximum Gasteiger partial charge on any atom is 0.416 e. The SMILES string of the molecule is CCCCCN(C(=O)Nc1ccc(C(F)(F)F)cc1)C(C)c1nc2ccccc2c(=O)n1CC. The van der Waals surface area contributed by atoms with Gasteiger partial charge >= 0.3 is 12.2 Å². The highest BCUT2D eigenvalue weighted by Crippen LogP contribution is 2.30. The van der Waals surface area contributed by atoms with Crippen LogP contribution in [0.3, 0.4) is 0 Å². The molecule has 0 spiro atoms. The number of rotatable bonds is 8. The van der Waals surface area contributed by atoms with Crippen LogP contribution in [0.2, 0.25) is 0 Å². The topological polar surface area (TPSA) is 67.2 Å². The van der Waals surface area contributed by atoms with Gasteiger partial charge in [-0.3, -0.25) is 9.36 Å². The van der Waals surface area contributed by atoms with Gasteiger partial charge in [-0.25, -0.2) is 9.78 Å². The summed E-state index contributed by atoms with van der Waals surface area (Å²) in [5, 5.41) is 3.20. The van der Waals surface area contributed by atoms with Crippen LogP contribution in [0.4, 0.5) is 23.7 Å². The van der Waals surface area contributed by atoms with Crippen LogP contribution in [0.1, 0.15) is 57.5 Å². The molecule has 0 fully saturated rings. The van der Waals surface area contributed by atoms with Crippen molar-refractivity contribution in [2.75, 3.05) is 11.9 Å². The van der Waals surface area contributed by atoms with E-state index in [0.29, 0.717) is 29.8 Å². The number of anilines is 1. The molecule has 0 aliphatic carbocycles. The van der Waals surface area contributed by atoms with E-state index < -0.39 is 23.8 Å². The average Bonchev–Trinajstić information content (AvgIpc) is 2.81. The number of para-hydroxylation sites is 1. The third kappa shape index (κ3) is 5.58. The highest BCUT2D eigenvalue weighted by Gasteiger charge is 2.30. The van der Waals surface area contributed by atoms with E-state index in [-0.39, 0.29) is 11.2 Å². The minimum atomic E-state index is -4.45. The molecule has 2 amide bonds. The molecule has 0 radical (unpaired) electrons. The number of amides is 2. The van der Waals surface area contributed by atoms with Crippen molar-refractivity contribution in [1.29, 1.82) is 0 Å². The monoisotopic (exact) mass is 474 g/mol. The third-order valence-electron chi connectivity index (χ3n) is 5.78. The van der Waals surface area contributed by atoms with Crippen LogP contribution in [-0.2, 0) is 12.7 Å². The molecule has 9 heteroatoms. The van der Waals surface area contributed by atoms with E-state index in [1.165, 1.54) is 12.1 Å². The number of aromatic nitrogens is 2. The van der Waals surface area contributed by atoms with E-state index in [2.05, 4.69) is 12.2 Å². The molecule has 182 valence electrons. The van der Waals surface area contributed by atoms with Crippen LogP contribution in [0.5, 0.6) is 0 Å². The summed E-state index contributed by atoms with van der Waals surface area (Å²) in [6.45, 7) is 6.50. The van der Waals surface area contributed by atoms with Crippen LogP contribution >= 0.6 is 0 Å². The molecule has 3 rings (SSSR count). The summed E-state index contributed by atoms with van der Waals surface area (Å²) in [6, 6.07) is 10.4. The van der Waals surface area contributed by atoms with Crippen molar-refractivity contribution in [3.05, 3.63) is 70.3 Å². The van der Waals surface area contributed by atoms with Gasteiger partial charge in [-0.15, -0.1) is 0 Å². The summed E-state index contributed by atoms with van der Waals surface area (Å²) in [5.41, 5.74) is -0.154. The number of hydrogen-bond acceptors (Lipinski definition) is 3. The van der Waals surface area contributed by atoms with E-state index >= 15 is 0 Å². The summed E-state index contributed by atoms with van der Waals surface area (Å²) >= 11 is 0. The lowest BCUT2D eigenvalue weighted by atomic mass is 10.1. The van der Waals surface area contributed by atoms with Gasteiger partial charge in [0, 0.05) is 18.8 Å². The molecule has 1 atom stereocenters. The molecule has 1 aromatic heterocycles. The smallest absolute Gasteiger partial charge is 0.315 e. The first-order chi connectivity index (χ1) is 16.2. The Hall–Kier alpha value is -3.36. The molecule has 0 aliphatic heterocycles. The zero-order valence-electron chi connectivity index (χ0n) is 19.5. The van der Waals surface area contributed by atoms with Crippen LogP contribution in [0.15, 0.2) is 53.3 Å². The Morgan fingerprint density at radius 1 is 1.09 bits per heavy atom. The molecule has 0 saturated heterocycles. The highest BCUT2D eigenvalue weighted by molar-refractivity contribution is 5.89. The number of nitrogens with zero attached hydrogens (tertiary/aromatic N) is 3. The number of alkyl halides is 3. The van der Waals surface area contributed by atoms with Gasteiger partial charge in [-0.1, -0.05) is 31.9 Å². The highest BCUT2D eigenvalue weighted by atomic mass is 19.4. The van der Waals surface area contributed by atoms with Gasteiger partial charge in [-0.2, -0.15) is 13.2 Å². The van der Waals surface area contributed by atoms with E-state index in [1.54, 1.807) is 40.7 Å². The van der Waals surface area contributed by atoms with E-state index in [1.807, 2.05) is 6.92 Å². The van der Waals surface area contributed by atoms with Gasteiger partial charge in [0.15, 0.2) is 0 Å². The number of nitrogens with one attached hydrogen (secondary N) is 1. The molecule has 1 N–H and O–H groups in total. The molecule has 0 saturated carbocycles. The predicted octanol–water partition coefficient (Wildman–Crippen LogP) is 6.22. The van der Waals surface area contributed by atoms with Crippen LogP contribution in [0, 0.1) is 0 Å². The van der Waals surface area contributed by atoms with E-state index in [4.69, 9.17) is 4.98 Å². The van der Waals surface area contributed by atoms with Crippen LogP contribution in [0.25, 0.3) is 10.9 Å². The molecular formula is C25H29F3N4O2. The van der Waals surface area contributed by atoms with Gasteiger partial charge in [-0.05, 0) is 56.7 Å². The molecule has 0 bridgehead atoms. The first-order valence-electron chi connectivity index (χ1n) is 11.4. The van der Waals surface area contributed by atoms with Crippen molar-refractivity contribution in [2.24, 2.45) is 0 Å². The second-order valence-corrected chi connectivity index (χ2v) is 8.12. The van der Waals surface area contributed by atoms with E-state index in [0.717, 1.165) is 31.4 Å². The maximum atomic E-state index is 13.2. The average molecular weight is 475 g/mol. The largest absolute Gasteiger partial charge is 0.416 e. The quantitative estimate of drug-likeness (QED) is 0.394. The van der Waals surface area contributed by atoms with Crippen LogP contribution < -0.4 is 10.9 Å². The Bertz CT molecular complexity index is 1190. The second kappa shape index (κ2) is 10.7. The molecule has 0 aliphatic rings. The van der Waals surface area contributed by atoms with Crippen molar-refractivity contribution in [3.63, 3.8) is 0 Å². The zero-order chi connectivity index (χ0) is 24.9. The summed E-state index contributed by atoms with van der Waals surface area (Å²) < 4.78 is 40.1. The Morgan fingerprint density at radius 2 is 1.76 bits per heavy atom. The normalized spacial score (nSPS) is 12.5. The van der Waals surface area contributed by atoms with Crippen molar-refractivity contribution in [1.82, 2.24) is 14.5 Å². The molecule has 6 nitrogen and oxygen atoms in total. The summed E-state index contributed by atoms with van der Waals surface area (Å²) in [4.78, 5) is 32.6. The fourth-order valence-corrected chi connectivity index (χ4v) is 3.89. The standard InChI is InChI=1S/C25H29F3N4O2/c1-4-6-9-16-32(24(34)29-19-14-12-18(13-15-19)25(26,27)28)17(3)22-30-21-11-8-7-10-20(21)23(33)31(22)5-2/h7-8,10-15,17H,4-6,9,16H2,1-3H3,(H,29,34). The fourth-order valence-electron chi connectivity index (χ4n) is 3.89. The predicted molar refractivity (Wildman–Crippen MR) is 127 cm³/mol. The number of benzene rings is 2. The number of carbonyl (C=O) groups is 1. The molecule has 2 aromatic carbocycles. The summed E-state index contributed by atoms with van der Waals surface area (Å²) in [7, 11) is 0. The Kier molecular flexibility index (Phi) is 7.96. The van der Waals surface area contributed by atoms with Gasteiger partial charge in [0.2, 0.25) is 0 Å². The van der Waals surface area contributed by atoms with Gasteiger partial charge < -0.3 is 10.2 Å². The van der Waals surface area contributed by atoms with Crippen molar-refractivity contribution in [3.8, 4) is 0 Å².